The lowest BCUT2D eigenvalue weighted by molar-refractivity contribution is -0.155. The van der Waals surface area contributed by atoms with E-state index in [1.807, 2.05) is 0 Å². The fourth-order valence-electron chi connectivity index (χ4n) is 5.10. The van der Waals surface area contributed by atoms with Gasteiger partial charge in [0.15, 0.2) is 5.96 Å². The Morgan fingerprint density at radius 2 is 1.30 bits per heavy atom. The number of hydrogen-bond acceptors (Lipinski definition) is 12. The third kappa shape index (κ3) is 14.8. The smallest absolute Gasteiger partial charge is 0.328 e. The van der Waals surface area contributed by atoms with Gasteiger partial charge in [0.05, 0.1) is 25.0 Å². The van der Waals surface area contributed by atoms with Crippen molar-refractivity contribution in [1.29, 1.82) is 5.41 Å². The summed E-state index contributed by atoms with van der Waals surface area (Å²) in [6.45, 7) is 10.4. The van der Waals surface area contributed by atoms with Crippen LogP contribution >= 0.6 is 22.6 Å². The number of nitrogens with two attached hydrogens (primary N) is 2. The number of alkyl halides is 1. The molecule has 0 spiro atoms. The van der Waals surface area contributed by atoms with E-state index in [1.165, 1.54) is 20.8 Å². The van der Waals surface area contributed by atoms with E-state index in [1.54, 1.807) is 50.3 Å². The standard InChI is InChI=1S/C32H55IN10O11/c1-8-12(3)21-27(49)40-22(13(4)9-2)28(50)42-23(15(6)44)29(51)38-17(10-19(34)46)26(48)37-14(5)31(53)54-16(7)24(30(52)41-21)39-20(47)11-18(45)25(33)43-32(35)36/h12-18,21-25,44-45H,8-11H2,1-7H3,(H2,34,46)(H,37,48)(H,38,51)(H,39,47)(H,40,49)(H,41,52)(H,42,50)(H4,35,36,43). The predicted molar refractivity (Wildman–Crippen MR) is 201 cm³/mol. The van der Waals surface area contributed by atoms with Gasteiger partial charge in [-0.15, -0.1) is 0 Å². The molecule has 1 aliphatic rings. The number of amides is 7. The van der Waals surface area contributed by atoms with E-state index in [2.05, 4.69) is 37.2 Å². The zero-order valence-corrected chi connectivity index (χ0v) is 33.5. The van der Waals surface area contributed by atoms with Gasteiger partial charge in [0.25, 0.3) is 0 Å². The highest BCUT2D eigenvalue weighted by Crippen LogP contribution is 2.15. The Balaban J connectivity index is 3.77. The number of primary amides is 1. The summed E-state index contributed by atoms with van der Waals surface area (Å²) in [5, 5.41) is 45.3. The van der Waals surface area contributed by atoms with E-state index in [4.69, 9.17) is 21.6 Å². The summed E-state index contributed by atoms with van der Waals surface area (Å²) >= 11 is 1.71. The van der Waals surface area contributed by atoms with Gasteiger partial charge in [-0.2, -0.15) is 0 Å². The molecule has 7 amide bonds. The van der Waals surface area contributed by atoms with Crippen molar-refractivity contribution in [3.05, 3.63) is 0 Å². The summed E-state index contributed by atoms with van der Waals surface area (Å²) in [5.74, 6) is -9.48. The molecule has 0 aliphatic carbocycles. The Morgan fingerprint density at radius 3 is 1.76 bits per heavy atom. The molecule has 1 saturated heterocycles. The third-order valence-corrected chi connectivity index (χ3v) is 9.94. The van der Waals surface area contributed by atoms with Gasteiger partial charge in [0.2, 0.25) is 41.4 Å². The van der Waals surface area contributed by atoms with Crippen LogP contribution < -0.4 is 48.7 Å². The average molecular weight is 883 g/mol. The van der Waals surface area contributed by atoms with Crippen LogP contribution in [-0.2, 0) is 43.1 Å². The lowest BCUT2D eigenvalue weighted by atomic mass is 9.94. The van der Waals surface area contributed by atoms with Crippen molar-refractivity contribution in [2.45, 2.75) is 133 Å². The Kier molecular flexibility index (Phi) is 19.6. The number of hydrogen-bond donors (Lipinski definition) is 12. The lowest BCUT2D eigenvalue weighted by Gasteiger charge is -2.32. The summed E-state index contributed by atoms with van der Waals surface area (Å²) in [5.41, 5.74) is 10.6. The van der Waals surface area contributed by atoms with Crippen LogP contribution in [0.1, 0.15) is 74.1 Å². The van der Waals surface area contributed by atoms with Crippen LogP contribution in [-0.4, -0.2) is 122 Å². The van der Waals surface area contributed by atoms with E-state index >= 15 is 0 Å². The van der Waals surface area contributed by atoms with Crippen molar-refractivity contribution >= 4 is 75.9 Å². The summed E-state index contributed by atoms with van der Waals surface area (Å²) in [6, 6.07) is -9.17. The van der Waals surface area contributed by atoms with E-state index in [0.29, 0.717) is 12.8 Å². The molecule has 0 radical (unpaired) electrons. The van der Waals surface area contributed by atoms with Crippen molar-refractivity contribution in [2.24, 2.45) is 23.3 Å². The molecule has 14 N–H and O–H groups in total. The van der Waals surface area contributed by atoms with Gasteiger partial charge in [-0.05, 0) is 32.6 Å². The first-order valence-electron chi connectivity index (χ1n) is 17.4. The monoisotopic (exact) mass is 882 g/mol. The van der Waals surface area contributed by atoms with Crippen LogP contribution in [0.25, 0.3) is 0 Å². The maximum atomic E-state index is 13.9. The number of carbonyl (C=O) groups excluding carboxylic acids is 8. The fraction of sp³-hybridized carbons (Fsp3) is 0.719. The number of aliphatic hydroxyl groups is 2. The van der Waals surface area contributed by atoms with Crippen LogP contribution in [0, 0.1) is 17.2 Å². The first-order chi connectivity index (χ1) is 25.0. The van der Waals surface area contributed by atoms with Crippen molar-refractivity contribution in [1.82, 2.24) is 37.2 Å². The molecule has 12 unspecified atom stereocenters. The minimum Gasteiger partial charge on any atom is -0.458 e. The molecule has 0 aromatic carbocycles. The zero-order valence-electron chi connectivity index (χ0n) is 31.4. The van der Waals surface area contributed by atoms with Gasteiger partial charge in [-0.25, -0.2) is 4.79 Å². The highest BCUT2D eigenvalue weighted by atomic mass is 127. The first-order valence-corrected chi connectivity index (χ1v) is 18.7. The molecule has 22 heteroatoms. The maximum Gasteiger partial charge on any atom is 0.328 e. The van der Waals surface area contributed by atoms with Crippen molar-refractivity contribution in [3.63, 3.8) is 0 Å². The van der Waals surface area contributed by atoms with Crippen molar-refractivity contribution < 1.29 is 53.3 Å². The Hall–Kier alpha value is -4.32. The molecule has 0 aromatic heterocycles. The molecule has 0 bridgehead atoms. The first kappa shape index (κ1) is 47.7. The largest absolute Gasteiger partial charge is 0.458 e. The molecule has 1 heterocycles. The molecule has 1 aliphatic heterocycles. The lowest BCUT2D eigenvalue weighted by Crippen LogP contribution is -2.63. The van der Waals surface area contributed by atoms with Gasteiger partial charge in [0, 0.05) is 0 Å². The van der Waals surface area contributed by atoms with Gasteiger partial charge >= 0.3 is 5.97 Å². The second-order valence-electron chi connectivity index (χ2n) is 13.4. The van der Waals surface area contributed by atoms with Crippen molar-refractivity contribution in [2.75, 3.05) is 0 Å². The highest BCUT2D eigenvalue weighted by molar-refractivity contribution is 14.1. The SMILES string of the molecule is CCC(C)C1NC(=O)C(C(C)CC)NC(=O)C(NC(=O)CC(O)C(I)NC(=N)N)C(C)OC(=O)C(C)NC(=O)C(CC(N)=O)NC(=O)C(C(C)O)NC1=O. The fourth-order valence-corrected chi connectivity index (χ4v) is 5.69. The number of halogens is 1. The average Bonchev–Trinajstić information content (AvgIpc) is 3.07. The number of nitrogens with one attached hydrogen (secondary N) is 8. The molecule has 21 nitrogen and oxygen atoms in total. The molecule has 306 valence electrons. The van der Waals surface area contributed by atoms with Gasteiger partial charge in [-0.1, -0.05) is 63.1 Å². The summed E-state index contributed by atoms with van der Waals surface area (Å²) < 4.78 is 4.57. The summed E-state index contributed by atoms with van der Waals surface area (Å²) in [7, 11) is 0. The molecular weight excluding hydrogens is 827 g/mol. The molecule has 1 rings (SSSR count). The van der Waals surface area contributed by atoms with Gasteiger partial charge < -0.3 is 63.6 Å². The molecule has 54 heavy (non-hydrogen) atoms. The number of rotatable bonds is 12. The van der Waals surface area contributed by atoms with Crippen LogP contribution in [0.5, 0.6) is 0 Å². The number of aliphatic hydroxyl groups excluding tert-OH is 2. The van der Waals surface area contributed by atoms with E-state index in [9.17, 15) is 48.6 Å². The molecule has 0 aromatic rings. The Morgan fingerprint density at radius 1 is 0.815 bits per heavy atom. The summed E-state index contributed by atoms with van der Waals surface area (Å²) in [6.07, 6.45) is -5.08. The van der Waals surface area contributed by atoms with Crippen LogP contribution in [0.3, 0.4) is 0 Å². The van der Waals surface area contributed by atoms with Crippen LogP contribution in [0.2, 0.25) is 0 Å². The number of ether oxygens (including phenoxy) is 1. The summed E-state index contributed by atoms with van der Waals surface area (Å²) in [4.78, 5) is 106. The highest BCUT2D eigenvalue weighted by Gasteiger charge is 2.39. The van der Waals surface area contributed by atoms with E-state index < -0.39 is 137 Å². The Labute approximate surface area is 327 Å². The topological polar surface area (TPSA) is 346 Å². The van der Waals surface area contributed by atoms with Crippen LogP contribution in [0.4, 0.5) is 0 Å². The molecule has 0 saturated carbocycles. The number of esters is 1. The van der Waals surface area contributed by atoms with E-state index in [-0.39, 0.29) is 0 Å². The quantitative estimate of drug-likeness (QED) is 0.0224. The number of cyclic esters (lactones) is 1. The number of carbonyl (C=O) groups is 8. The zero-order chi connectivity index (χ0) is 41.6. The third-order valence-electron chi connectivity index (χ3n) is 8.80. The molecule has 1 fully saturated rings. The minimum absolute atomic E-state index is 0.348. The second-order valence-corrected chi connectivity index (χ2v) is 14.7. The minimum atomic E-state index is -1.69. The molecular formula is C32H55IN10O11. The van der Waals surface area contributed by atoms with Gasteiger partial charge in [-0.3, -0.25) is 39.0 Å². The Bertz CT molecular complexity index is 1400. The normalized spacial score (nSPS) is 27.9. The van der Waals surface area contributed by atoms with E-state index in [0.717, 1.165) is 0 Å². The maximum absolute atomic E-state index is 13.9. The predicted octanol–water partition coefficient (Wildman–Crippen LogP) is -3.80. The van der Waals surface area contributed by atoms with Crippen LogP contribution in [0.15, 0.2) is 0 Å². The molecule has 12 atom stereocenters. The number of guanidine groups is 1. The van der Waals surface area contributed by atoms with Crippen molar-refractivity contribution in [3.8, 4) is 0 Å². The second kappa shape index (κ2) is 22.2. The van der Waals surface area contributed by atoms with Gasteiger partial charge in [0.1, 0.15) is 46.4 Å².